The molecule has 124 valence electrons. The minimum atomic E-state index is -0.267. The van der Waals surface area contributed by atoms with Crippen molar-refractivity contribution in [2.75, 3.05) is 5.32 Å². The highest BCUT2D eigenvalue weighted by atomic mass is 19.1. The topological polar surface area (TPSA) is 66.5 Å². The second-order valence-corrected chi connectivity index (χ2v) is 5.92. The molecule has 0 aliphatic rings. The number of aromatic amines is 1. The molecule has 0 amide bonds. The number of aryl methyl sites for hydroxylation is 2. The molecular weight excluding hydrogens is 317 g/mol. The van der Waals surface area contributed by atoms with Gasteiger partial charge in [-0.1, -0.05) is 24.3 Å². The number of benzene rings is 2. The van der Waals surface area contributed by atoms with Crippen LogP contribution >= 0.6 is 0 Å². The summed E-state index contributed by atoms with van der Waals surface area (Å²) in [6.45, 7) is 3.67. The number of aromatic nitrogens is 4. The van der Waals surface area contributed by atoms with Crippen LogP contribution in [0.1, 0.15) is 11.3 Å². The molecule has 0 atom stereocenters. The average molecular weight is 333 g/mol. The van der Waals surface area contributed by atoms with E-state index in [2.05, 4.69) is 25.5 Å². The fourth-order valence-electron chi connectivity index (χ4n) is 2.74. The molecule has 0 aliphatic carbocycles. The van der Waals surface area contributed by atoms with Gasteiger partial charge in [-0.3, -0.25) is 10.1 Å². The first-order chi connectivity index (χ1) is 12.1. The van der Waals surface area contributed by atoms with Crippen LogP contribution < -0.4 is 5.32 Å². The second-order valence-electron chi connectivity index (χ2n) is 5.92. The number of nitrogens with one attached hydrogen (secondary N) is 2. The molecule has 6 heteroatoms. The maximum Gasteiger partial charge on any atom is 0.246 e. The molecular formula is C19H16FN5. The van der Waals surface area contributed by atoms with Gasteiger partial charge in [0.1, 0.15) is 5.82 Å². The monoisotopic (exact) mass is 333 g/mol. The lowest BCUT2D eigenvalue weighted by Crippen LogP contribution is -1.94. The van der Waals surface area contributed by atoms with Gasteiger partial charge in [0.15, 0.2) is 5.82 Å². The SMILES string of the molecule is Cc1cc(-c2nc(Nc3ccc(C)c(F)c3)n[nH]2)c2ccccc2n1. The molecule has 0 saturated heterocycles. The Hall–Kier alpha value is -3.28. The Bertz CT molecular complexity index is 1070. The Morgan fingerprint density at radius 1 is 1.00 bits per heavy atom. The molecule has 0 radical (unpaired) electrons. The normalized spacial score (nSPS) is 11.0. The first-order valence-corrected chi connectivity index (χ1v) is 7.92. The average Bonchev–Trinajstić information content (AvgIpc) is 3.06. The van der Waals surface area contributed by atoms with Crippen LogP contribution in [0.15, 0.2) is 48.5 Å². The van der Waals surface area contributed by atoms with Gasteiger partial charge in [0.2, 0.25) is 5.95 Å². The maximum absolute atomic E-state index is 13.7. The highest BCUT2D eigenvalue weighted by molar-refractivity contribution is 5.93. The molecule has 2 heterocycles. The van der Waals surface area contributed by atoms with Crippen LogP contribution in [0.4, 0.5) is 16.0 Å². The third-order valence-electron chi connectivity index (χ3n) is 4.01. The van der Waals surface area contributed by atoms with E-state index in [4.69, 9.17) is 0 Å². The molecule has 5 nitrogen and oxygen atoms in total. The molecule has 0 fully saturated rings. The summed E-state index contributed by atoms with van der Waals surface area (Å²) >= 11 is 0. The van der Waals surface area contributed by atoms with Crippen molar-refractivity contribution in [3.8, 4) is 11.4 Å². The van der Waals surface area contributed by atoms with Crippen LogP contribution in [0, 0.1) is 19.7 Å². The summed E-state index contributed by atoms with van der Waals surface area (Å²) in [4.78, 5) is 9.03. The Labute approximate surface area is 144 Å². The predicted molar refractivity (Wildman–Crippen MR) is 96.3 cm³/mol. The predicted octanol–water partition coefficient (Wildman–Crippen LogP) is 4.52. The summed E-state index contributed by atoms with van der Waals surface area (Å²) in [5, 5.41) is 11.1. The third-order valence-corrected chi connectivity index (χ3v) is 4.01. The summed E-state index contributed by atoms with van der Waals surface area (Å²) in [6, 6.07) is 14.8. The summed E-state index contributed by atoms with van der Waals surface area (Å²) in [6.07, 6.45) is 0. The maximum atomic E-state index is 13.7. The largest absolute Gasteiger partial charge is 0.323 e. The molecule has 25 heavy (non-hydrogen) atoms. The Kier molecular flexibility index (Phi) is 3.65. The molecule has 4 aromatic rings. The first kappa shape index (κ1) is 15.3. The van der Waals surface area contributed by atoms with Crippen molar-refractivity contribution < 1.29 is 4.39 Å². The van der Waals surface area contributed by atoms with E-state index in [0.717, 1.165) is 22.2 Å². The van der Waals surface area contributed by atoms with Crippen molar-refractivity contribution in [2.24, 2.45) is 0 Å². The Balaban J connectivity index is 1.71. The number of H-pyrrole nitrogens is 1. The van der Waals surface area contributed by atoms with Crippen LogP contribution in [-0.4, -0.2) is 20.2 Å². The van der Waals surface area contributed by atoms with Gasteiger partial charge in [-0.25, -0.2) is 4.39 Å². The highest BCUT2D eigenvalue weighted by Crippen LogP contribution is 2.27. The number of fused-ring (bicyclic) bond motifs is 1. The van der Waals surface area contributed by atoms with E-state index >= 15 is 0 Å². The lowest BCUT2D eigenvalue weighted by atomic mass is 10.1. The van der Waals surface area contributed by atoms with E-state index in [1.807, 2.05) is 37.3 Å². The molecule has 2 aromatic carbocycles. The molecule has 0 aliphatic heterocycles. The van der Waals surface area contributed by atoms with Crippen molar-refractivity contribution in [1.29, 1.82) is 0 Å². The van der Waals surface area contributed by atoms with Crippen LogP contribution in [-0.2, 0) is 0 Å². The molecule has 0 spiro atoms. The molecule has 2 aromatic heterocycles. The number of para-hydroxylation sites is 1. The van der Waals surface area contributed by atoms with Gasteiger partial charge in [-0.2, -0.15) is 4.98 Å². The summed E-state index contributed by atoms with van der Waals surface area (Å²) in [5.74, 6) is 0.755. The zero-order valence-electron chi connectivity index (χ0n) is 13.8. The first-order valence-electron chi connectivity index (χ1n) is 7.92. The van der Waals surface area contributed by atoms with Crippen molar-refractivity contribution >= 4 is 22.5 Å². The Morgan fingerprint density at radius 2 is 1.84 bits per heavy atom. The standard InChI is InChI=1S/C19H16FN5/c1-11-7-8-13(10-16(11)20)22-19-23-18(24-25-19)15-9-12(2)21-17-6-4-3-5-14(15)17/h3-10H,1-2H3,(H2,22,23,24,25). The van der Waals surface area contributed by atoms with Crippen molar-refractivity contribution in [1.82, 2.24) is 20.2 Å². The van der Waals surface area contributed by atoms with Crippen LogP contribution in [0.3, 0.4) is 0 Å². The number of halogens is 1. The number of rotatable bonds is 3. The minimum Gasteiger partial charge on any atom is -0.323 e. The number of pyridine rings is 1. The lowest BCUT2D eigenvalue weighted by Gasteiger charge is -2.05. The second kappa shape index (κ2) is 5.98. The van der Waals surface area contributed by atoms with Crippen molar-refractivity contribution in [3.63, 3.8) is 0 Å². The summed E-state index contributed by atoms with van der Waals surface area (Å²) in [7, 11) is 0. The zero-order valence-corrected chi connectivity index (χ0v) is 13.8. The van der Waals surface area contributed by atoms with Crippen molar-refractivity contribution in [2.45, 2.75) is 13.8 Å². The van der Waals surface area contributed by atoms with Gasteiger partial charge < -0.3 is 5.32 Å². The van der Waals surface area contributed by atoms with Gasteiger partial charge in [0.05, 0.1) is 5.52 Å². The number of hydrogen-bond acceptors (Lipinski definition) is 4. The highest BCUT2D eigenvalue weighted by Gasteiger charge is 2.11. The molecule has 2 N–H and O–H groups in total. The minimum absolute atomic E-state index is 0.267. The van der Waals surface area contributed by atoms with E-state index in [1.165, 1.54) is 6.07 Å². The van der Waals surface area contributed by atoms with Gasteiger partial charge in [-0.15, -0.1) is 5.10 Å². The Morgan fingerprint density at radius 3 is 2.68 bits per heavy atom. The fraction of sp³-hybridized carbons (Fsp3) is 0.105. The van der Waals surface area contributed by atoms with E-state index in [1.54, 1.807) is 19.1 Å². The van der Waals surface area contributed by atoms with Gasteiger partial charge in [0.25, 0.3) is 0 Å². The van der Waals surface area contributed by atoms with E-state index in [0.29, 0.717) is 23.0 Å². The molecule has 0 unspecified atom stereocenters. The lowest BCUT2D eigenvalue weighted by molar-refractivity contribution is 0.619. The van der Waals surface area contributed by atoms with Crippen LogP contribution in [0.25, 0.3) is 22.3 Å². The number of nitrogens with zero attached hydrogens (tertiary/aromatic N) is 3. The third kappa shape index (κ3) is 2.94. The van der Waals surface area contributed by atoms with Crippen molar-refractivity contribution in [3.05, 3.63) is 65.6 Å². The molecule has 0 saturated carbocycles. The van der Waals surface area contributed by atoms with Gasteiger partial charge in [-0.05, 0) is 43.7 Å². The smallest absolute Gasteiger partial charge is 0.246 e. The molecule has 4 rings (SSSR count). The van der Waals surface area contributed by atoms with Gasteiger partial charge >= 0.3 is 0 Å². The number of hydrogen-bond donors (Lipinski definition) is 2. The van der Waals surface area contributed by atoms with E-state index < -0.39 is 0 Å². The zero-order chi connectivity index (χ0) is 17.4. The van der Waals surface area contributed by atoms with Crippen LogP contribution in [0.5, 0.6) is 0 Å². The van der Waals surface area contributed by atoms with E-state index in [9.17, 15) is 4.39 Å². The summed E-state index contributed by atoms with van der Waals surface area (Å²) < 4.78 is 13.7. The van der Waals surface area contributed by atoms with E-state index in [-0.39, 0.29) is 5.82 Å². The van der Waals surface area contributed by atoms with Gasteiger partial charge in [0, 0.05) is 22.3 Å². The summed E-state index contributed by atoms with van der Waals surface area (Å²) in [5.41, 5.74) is 3.94. The fourth-order valence-corrected chi connectivity index (χ4v) is 2.74. The van der Waals surface area contributed by atoms with Crippen LogP contribution in [0.2, 0.25) is 0 Å². The molecule has 0 bridgehead atoms. The number of anilines is 2. The quantitative estimate of drug-likeness (QED) is 0.578.